The van der Waals surface area contributed by atoms with Gasteiger partial charge in [0.15, 0.2) is 0 Å². The average Bonchev–Trinajstić information content (AvgIpc) is 2.84. The van der Waals surface area contributed by atoms with E-state index in [1.807, 2.05) is 0 Å². The third-order valence-corrected chi connectivity index (χ3v) is 6.75. The molecule has 3 aromatic rings. The van der Waals surface area contributed by atoms with Crippen molar-refractivity contribution in [2.45, 2.75) is 11.8 Å². The molecule has 0 aromatic heterocycles. The second-order valence-corrected chi connectivity index (χ2v) is 8.98. The van der Waals surface area contributed by atoms with Gasteiger partial charge in [0.05, 0.1) is 28.2 Å². The van der Waals surface area contributed by atoms with Gasteiger partial charge in [-0.15, -0.1) is 0 Å². The number of nitro benzene ring substituents is 1. The summed E-state index contributed by atoms with van der Waals surface area (Å²) in [5, 5.41) is 13.8. The van der Waals surface area contributed by atoms with Crippen LogP contribution in [0.25, 0.3) is 0 Å². The molecule has 0 atom stereocenters. The first-order valence-electron chi connectivity index (χ1n) is 9.95. The number of nitrogens with zero attached hydrogens (tertiary/aromatic N) is 2. The minimum absolute atomic E-state index is 0.0479. The van der Waals surface area contributed by atoms with Gasteiger partial charge in [-0.05, 0) is 42.8 Å². The van der Waals surface area contributed by atoms with Crippen LogP contribution in [-0.2, 0) is 19.6 Å². The molecule has 0 spiro atoms. The molecule has 1 N–H and O–H groups in total. The van der Waals surface area contributed by atoms with Gasteiger partial charge in [-0.2, -0.15) is 0 Å². The molecule has 0 heterocycles. The van der Waals surface area contributed by atoms with Gasteiger partial charge in [0, 0.05) is 17.8 Å². The zero-order valence-corrected chi connectivity index (χ0v) is 19.1. The second kappa shape index (κ2) is 10.1. The fraction of sp³-hybridized carbons (Fsp3) is 0.130. The molecule has 0 bridgehead atoms. The van der Waals surface area contributed by atoms with Gasteiger partial charge in [-0.3, -0.25) is 19.2 Å². The number of sulfonamides is 1. The highest BCUT2D eigenvalue weighted by atomic mass is 32.2. The highest BCUT2D eigenvalue weighted by molar-refractivity contribution is 7.92. The summed E-state index contributed by atoms with van der Waals surface area (Å²) in [4.78, 5) is 35.4. The van der Waals surface area contributed by atoms with Crippen molar-refractivity contribution in [1.82, 2.24) is 0 Å². The number of carbonyl (C=O) groups excluding carboxylic acids is 2. The van der Waals surface area contributed by atoms with Crippen molar-refractivity contribution in [2.75, 3.05) is 23.3 Å². The van der Waals surface area contributed by atoms with E-state index >= 15 is 0 Å². The Morgan fingerprint density at radius 3 is 2.35 bits per heavy atom. The summed E-state index contributed by atoms with van der Waals surface area (Å²) in [5.41, 5.74) is 0.605. The largest absolute Gasteiger partial charge is 0.465 e. The summed E-state index contributed by atoms with van der Waals surface area (Å²) in [6.07, 6.45) is 0. The van der Waals surface area contributed by atoms with Crippen LogP contribution in [0, 0.1) is 17.0 Å². The third kappa shape index (κ3) is 5.21. The van der Waals surface area contributed by atoms with Crippen molar-refractivity contribution in [3.8, 4) is 0 Å². The number of esters is 1. The molecule has 34 heavy (non-hydrogen) atoms. The highest BCUT2D eigenvalue weighted by Gasteiger charge is 2.28. The van der Waals surface area contributed by atoms with Gasteiger partial charge in [-0.25, -0.2) is 13.2 Å². The molecule has 0 aliphatic rings. The van der Waals surface area contributed by atoms with Crippen molar-refractivity contribution in [3.05, 3.63) is 94.0 Å². The molecule has 3 aromatic carbocycles. The van der Waals surface area contributed by atoms with E-state index in [9.17, 15) is 28.1 Å². The van der Waals surface area contributed by atoms with E-state index in [1.165, 1.54) is 55.6 Å². The lowest BCUT2D eigenvalue weighted by molar-refractivity contribution is -0.384. The predicted molar refractivity (Wildman–Crippen MR) is 125 cm³/mol. The number of methoxy groups -OCH3 is 1. The Balaban J connectivity index is 1.99. The van der Waals surface area contributed by atoms with E-state index in [0.29, 0.717) is 11.3 Å². The Morgan fingerprint density at radius 1 is 1.03 bits per heavy atom. The topological polar surface area (TPSA) is 136 Å². The Bertz CT molecular complexity index is 1340. The predicted octanol–water partition coefficient (Wildman–Crippen LogP) is 3.52. The number of rotatable bonds is 8. The van der Waals surface area contributed by atoms with Crippen LogP contribution in [0.2, 0.25) is 0 Å². The van der Waals surface area contributed by atoms with Crippen molar-refractivity contribution in [3.63, 3.8) is 0 Å². The van der Waals surface area contributed by atoms with Crippen LogP contribution >= 0.6 is 0 Å². The van der Waals surface area contributed by atoms with E-state index in [2.05, 4.69) is 5.32 Å². The Kier molecular flexibility index (Phi) is 7.27. The van der Waals surface area contributed by atoms with E-state index in [0.717, 1.165) is 10.4 Å². The third-order valence-electron chi connectivity index (χ3n) is 4.96. The lowest BCUT2D eigenvalue weighted by Crippen LogP contribution is -2.38. The maximum Gasteiger partial charge on any atom is 0.338 e. The first kappa shape index (κ1) is 24.4. The number of benzene rings is 3. The summed E-state index contributed by atoms with van der Waals surface area (Å²) in [6, 6.07) is 17.1. The second-order valence-electron chi connectivity index (χ2n) is 7.12. The van der Waals surface area contributed by atoms with Crippen molar-refractivity contribution < 1.29 is 27.7 Å². The summed E-state index contributed by atoms with van der Waals surface area (Å²) in [7, 11) is -3.01. The van der Waals surface area contributed by atoms with E-state index in [-0.39, 0.29) is 21.8 Å². The van der Waals surface area contributed by atoms with Gasteiger partial charge in [0.1, 0.15) is 6.54 Å². The average molecular weight is 484 g/mol. The molecule has 10 nitrogen and oxygen atoms in total. The maximum atomic E-state index is 13.4. The number of nitro groups is 1. The van der Waals surface area contributed by atoms with Gasteiger partial charge in [0.25, 0.3) is 15.7 Å². The van der Waals surface area contributed by atoms with Crippen LogP contribution in [0.3, 0.4) is 0 Å². The van der Waals surface area contributed by atoms with Crippen molar-refractivity contribution in [1.29, 1.82) is 0 Å². The Labute approximate surface area is 196 Å². The lowest BCUT2D eigenvalue weighted by atomic mass is 10.1. The van der Waals surface area contributed by atoms with Crippen LogP contribution in [0.1, 0.15) is 15.9 Å². The first-order valence-corrected chi connectivity index (χ1v) is 11.4. The molecular weight excluding hydrogens is 462 g/mol. The number of carbonyl (C=O) groups is 2. The number of hydrogen-bond donors (Lipinski definition) is 1. The lowest BCUT2D eigenvalue weighted by Gasteiger charge is -2.24. The number of nitrogens with one attached hydrogen (secondary N) is 1. The molecule has 176 valence electrons. The maximum absolute atomic E-state index is 13.4. The van der Waals surface area contributed by atoms with Gasteiger partial charge in [0.2, 0.25) is 5.91 Å². The molecule has 11 heteroatoms. The van der Waals surface area contributed by atoms with Crippen molar-refractivity contribution in [2.24, 2.45) is 0 Å². The molecule has 0 aliphatic heterocycles. The summed E-state index contributed by atoms with van der Waals surface area (Å²) in [5.74, 6) is -1.30. The molecule has 0 saturated carbocycles. The van der Waals surface area contributed by atoms with Gasteiger partial charge >= 0.3 is 5.97 Å². The summed E-state index contributed by atoms with van der Waals surface area (Å²) < 4.78 is 32.3. The monoisotopic (exact) mass is 483 g/mol. The van der Waals surface area contributed by atoms with E-state index in [1.54, 1.807) is 25.1 Å². The minimum atomic E-state index is -4.24. The quantitative estimate of drug-likeness (QED) is 0.294. The van der Waals surface area contributed by atoms with E-state index < -0.39 is 33.4 Å². The molecule has 0 fully saturated rings. The normalized spacial score (nSPS) is 10.9. The number of hydrogen-bond acceptors (Lipinski definition) is 7. The first-order chi connectivity index (χ1) is 16.1. The SMILES string of the molecule is COC(=O)c1cccc(NC(=O)CN(c2cccc([N+](=O)[O-])c2)S(=O)(=O)c2ccccc2)c1C. The fourth-order valence-corrected chi connectivity index (χ4v) is 4.65. The van der Waals surface area contributed by atoms with E-state index in [4.69, 9.17) is 4.74 Å². The van der Waals surface area contributed by atoms with Gasteiger partial charge in [-0.1, -0.05) is 30.3 Å². The minimum Gasteiger partial charge on any atom is -0.465 e. The smallest absolute Gasteiger partial charge is 0.338 e. The van der Waals surface area contributed by atoms with Crippen molar-refractivity contribution >= 4 is 39.0 Å². The molecular formula is C23H21N3O7S. The standard InChI is InChI=1S/C23H21N3O7S/c1-16-20(23(28)33-2)12-7-13-21(16)24-22(27)15-25(17-8-6-9-18(14-17)26(29)30)34(31,32)19-10-4-3-5-11-19/h3-14H,15H2,1-2H3,(H,24,27). The molecule has 1 amide bonds. The summed E-state index contributed by atoms with van der Waals surface area (Å²) >= 11 is 0. The number of ether oxygens (including phenoxy) is 1. The highest BCUT2D eigenvalue weighted by Crippen LogP contribution is 2.27. The number of non-ortho nitro benzene ring substituents is 1. The Morgan fingerprint density at radius 2 is 1.71 bits per heavy atom. The fourth-order valence-electron chi connectivity index (χ4n) is 3.22. The van der Waals surface area contributed by atoms with Crippen LogP contribution in [-0.4, -0.2) is 38.9 Å². The van der Waals surface area contributed by atoms with Crippen LogP contribution in [0.4, 0.5) is 17.1 Å². The molecule has 0 saturated heterocycles. The van der Waals surface area contributed by atoms with Crippen LogP contribution in [0.5, 0.6) is 0 Å². The zero-order valence-electron chi connectivity index (χ0n) is 18.3. The number of amides is 1. The van der Waals surface area contributed by atoms with Gasteiger partial charge < -0.3 is 10.1 Å². The van der Waals surface area contributed by atoms with Crippen LogP contribution < -0.4 is 9.62 Å². The molecule has 0 aliphatic carbocycles. The molecule has 0 radical (unpaired) electrons. The van der Waals surface area contributed by atoms with Crippen LogP contribution in [0.15, 0.2) is 77.7 Å². The Hall–Kier alpha value is -4.25. The number of anilines is 2. The molecule has 3 rings (SSSR count). The molecule has 0 unspecified atom stereocenters. The zero-order chi connectivity index (χ0) is 24.9. The summed E-state index contributed by atoms with van der Waals surface area (Å²) in [6.45, 7) is 0.946.